The molecule has 25 heavy (non-hydrogen) atoms. The van der Waals surface area contributed by atoms with E-state index in [0.29, 0.717) is 0 Å². The van der Waals surface area contributed by atoms with Gasteiger partial charge in [0.15, 0.2) is 0 Å². The SMILES string of the molecule is CN(C)CCNCc1ccc(-n2cccc2)cc1.O=C(O)C(F)(F)F. The number of nitrogens with one attached hydrogen (secondary N) is 1. The van der Waals surface area contributed by atoms with Crippen molar-refractivity contribution in [1.29, 1.82) is 0 Å². The Bertz CT molecular complexity index is 624. The van der Waals surface area contributed by atoms with Crippen molar-refractivity contribution >= 4 is 5.97 Å². The fraction of sp³-hybridized carbons (Fsp3) is 0.353. The van der Waals surface area contributed by atoms with Gasteiger partial charge in [-0.05, 0) is 43.9 Å². The quantitative estimate of drug-likeness (QED) is 0.781. The molecule has 0 atom stereocenters. The summed E-state index contributed by atoms with van der Waals surface area (Å²) in [5, 5.41) is 10.6. The molecule has 2 aromatic rings. The highest BCUT2D eigenvalue weighted by atomic mass is 19.4. The molecule has 0 radical (unpaired) electrons. The fourth-order valence-electron chi connectivity index (χ4n) is 1.83. The Morgan fingerprint density at radius 1 is 1.16 bits per heavy atom. The number of alkyl halides is 3. The number of nitrogens with zero attached hydrogens (tertiary/aromatic N) is 2. The molecule has 0 unspecified atom stereocenters. The van der Waals surface area contributed by atoms with Gasteiger partial charge < -0.3 is 19.9 Å². The van der Waals surface area contributed by atoms with Crippen molar-refractivity contribution in [1.82, 2.24) is 14.8 Å². The third-order valence-electron chi connectivity index (χ3n) is 3.15. The van der Waals surface area contributed by atoms with Crippen LogP contribution in [0.3, 0.4) is 0 Å². The Morgan fingerprint density at radius 2 is 1.68 bits per heavy atom. The minimum absolute atomic E-state index is 0.930. The number of aliphatic carboxylic acids is 1. The zero-order valence-electron chi connectivity index (χ0n) is 14.1. The Labute approximate surface area is 144 Å². The molecule has 8 heteroatoms. The molecular formula is C17H22F3N3O2. The summed E-state index contributed by atoms with van der Waals surface area (Å²) in [5.74, 6) is -2.76. The number of likely N-dealkylation sites (N-methyl/N-ethyl adjacent to an activating group) is 1. The van der Waals surface area contributed by atoms with Gasteiger partial charge in [0.05, 0.1) is 0 Å². The summed E-state index contributed by atoms with van der Waals surface area (Å²) in [5.41, 5.74) is 2.53. The molecule has 1 aromatic heterocycles. The molecule has 2 N–H and O–H groups in total. The van der Waals surface area contributed by atoms with Crippen LogP contribution in [0.25, 0.3) is 5.69 Å². The molecule has 0 aliphatic carbocycles. The predicted molar refractivity (Wildman–Crippen MR) is 89.7 cm³/mol. The molecule has 0 aliphatic rings. The Balaban J connectivity index is 0.000000381. The number of carboxylic acid groups (broad SMARTS) is 1. The zero-order valence-corrected chi connectivity index (χ0v) is 14.1. The predicted octanol–water partition coefficient (Wildman–Crippen LogP) is 2.76. The first-order valence-corrected chi connectivity index (χ1v) is 7.58. The van der Waals surface area contributed by atoms with E-state index in [2.05, 4.69) is 65.5 Å². The van der Waals surface area contributed by atoms with Crippen LogP contribution in [0, 0.1) is 0 Å². The number of aromatic nitrogens is 1. The molecule has 1 heterocycles. The lowest BCUT2D eigenvalue weighted by molar-refractivity contribution is -0.192. The highest BCUT2D eigenvalue weighted by molar-refractivity contribution is 5.73. The number of carbonyl (C=O) groups is 1. The van der Waals surface area contributed by atoms with Gasteiger partial charge in [-0.25, -0.2) is 4.79 Å². The van der Waals surface area contributed by atoms with E-state index in [1.807, 2.05) is 12.1 Å². The highest BCUT2D eigenvalue weighted by Gasteiger charge is 2.38. The van der Waals surface area contributed by atoms with E-state index >= 15 is 0 Å². The average Bonchev–Trinajstić information content (AvgIpc) is 3.06. The van der Waals surface area contributed by atoms with E-state index in [-0.39, 0.29) is 0 Å². The smallest absolute Gasteiger partial charge is 0.475 e. The second-order valence-corrected chi connectivity index (χ2v) is 5.54. The van der Waals surface area contributed by atoms with E-state index in [1.54, 1.807) is 0 Å². The summed E-state index contributed by atoms with van der Waals surface area (Å²) >= 11 is 0. The maximum atomic E-state index is 10.6. The van der Waals surface area contributed by atoms with E-state index in [1.165, 1.54) is 11.3 Å². The Morgan fingerprint density at radius 3 is 2.12 bits per heavy atom. The minimum atomic E-state index is -5.08. The van der Waals surface area contributed by atoms with Crippen molar-refractivity contribution in [3.63, 3.8) is 0 Å². The van der Waals surface area contributed by atoms with Crippen molar-refractivity contribution in [2.24, 2.45) is 0 Å². The summed E-state index contributed by atoms with van der Waals surface area (Å²) in [6.45, 7) is 3.02. The summed E-state index contributed by atoms with van der Waals surface area (Å²) in [7, 11) is 4.18. The van der Waals surface area contributed by atoms with Gasteiger partial charge >= 0.3 is 12.1 Å². The normalized spacial score (nSPS) is 11.1. The summed E-state index contributed by atoms with van der Waals surface area (Å²) in [4.78, 5) is 11.1. The summed E-state index contributed by atoms with van der Waals surface area (Å²) in [6.07, 6.45) is -0.964. The standard InChI is InChI=1S/C15H21N3.C2HF3O2/c1-17(2)12-9-16-13-14-5-7-15(8-6-14)18-10-3-4-11-18;3-2(4,5)1(6)7/h3-8,10-11,16H,9,12-13H2,1-2H3;(H,6,7). The number of rotatable bonds is 6. The topological polar surface area (TPSA) is 57.5 Å². The average molecular weight is 357 g/mol. The largest absolute Gasteiger partial charge is 0.490 e. The van der Waals surface area contributed by atoms with Crippen molar-refractivity contribution in [3.8, 4) is 5.69 Å². The van der Waals surface area contributed by atoms with Gasteiger partial charge in [0.25, 0.3) is 0 Å². The van der Waals surface area contributed by atoms with Gasteiger partial charge in [-0.15, -0.1) is 0 Å². The van der Waals surface area contributed by atoms with Crippen LogP contribution in [0.4, 0.5) is 13.2 Å². The molecule has 138 valence electrons. The Hall–Kier alpha value is -2.32. The first kappa shape index (κ1) is 20.7. The van der Waals surface area contributed by atoms with E-state index < -0.39 is 12.1 Å². The van der Waals surface area contributed by atoms with Crippen molar-refractivity contribution in [2.75, 3.05) is 27.2 Å². The van der Waals surface area contributed by atoms with Crippen LogP contribution in [-0.4, -0.2) is 53.9 Å². The molecule has 0 aliphatic heterocycles. The summed E-state index contributed by atoms with van der Waals surface area (Å²) < 4.78 is 33.9. The lowest BCUT2D eigenvalue weighted by atomic mass is 10.2. The zero-order chi connectivity index (χ0) is 18.9. The molecule has 0 fully saturated rings. The number of hydrogen-bond donors (Lipinski definition) is 2. The van der Waals surface area contributed by atoms with Crippen molar-refractivity contribution in [3.05, 3.63) is 54.4 Å². The molecule has 0 spiro atoms. The molecule has 2 rings (SSSR count). The molecule has 0 saturated carbocycles. The fourth-order valence-corrected chi connectivity index (χ4v) is 1.83. The van der Waals surface area contributed by atoms with Crippen LogP contribution in [0.5, 0.6) is 0 Å². The van der Waals surface area contributed by atoms with Gasteiger partial charge in [0.1, 0.15) is 0 Å². The molecule has 0 amide bonds. The van der Waals surface area contributed by atoms with E-state index in [9.17, 15) is 13.2 Å². The number of hydrogen-bond acceptors (Lipinski definition) is 3. The van der Waals surface area contributed by atoms with E-state index in [0.717, 1.165) is 19.6 Å². The van der Waals surface area contributed by atoms with Gasteiger partial charge in [-0.1, -0.05) is 12.1 Å². The van der Waals surface area contributed by atoms with Gasteiger partial charge in [0, 0.05) is 37.7 Å². The minimum Gasteiger partial charge on any atom is -0.475 e. The van der Waals surface area contributed by atoms with Crippen LogP contribution in [0.15, 0.2) is 48.8 Å². The lowest BCUT2D eigenvalue weighted by Crippen LogP contribution is -2.26. The molecule has 1 aromatic carbocycles. The van der Waals surface area contributed by atoms with Gasteiger partial charge in [-0.3, -0.25) is 0 Å². The van der Waals surface area contributed by atoms with Crippen LogP contribution >= 0.6 is 0 Å². The molecule has 5 nitrogen and oxygen atoms in total. The molecule has 0 bridgehead atoms. The molecular weight excluding hydrogens is 335 g/mol. The van der Waals surface area contributed by atoms with Crippen LogP contribution in [0.1, 0.15) is 5.56 Å². The van der Waals surface area contributed by atoms with Crippen LogP contribution < -0.4 is 5.32 Å². The monoisotopic (exact) mass is 357 g/mol. The maximum Gasteiger partial charge on any atom is 0.490 e. The second kappa shape index (κ2) is 9.85. The highest BCUT2D eigenvalue weighted by Crippen LogP contribution is 2.13. The van der Waals surface area contributed by atoms with Crippen LogP contribution in [-0.2, 0) is 11.3 Å². The third kappa shape index (κ3) is 8.37. The first-order valence-electron chi connectivity index (χ1n) is 7.58. The number of carboxylic acids is 1. The first-order chi connectivity index (χ1) is 11.7. The van der Waals surface area contributed by atoms with Crippen molar-refractivity contribution in [2.45, 2.75) is 12.7 Å². The van der Waals surface area contributed by atoms with E-state index in [4.69, 9.17) is 9.90 Å². The number of halogens is 3. The van der Waals surface area contributed by atoms with Crippen LogP contribution in [0.2, 0.25) is 0 Å². The van der Waals surface area contributed by atoms with Gasteiger partial charge in [-0.2, -0.15) is 13.2 Å². The lowest BCUT2D eigenvalue weighted by Gasteiger charge is -2.10. The Kier molecular flexibility index (Phi) is 8.17. The number of benzene rings is 1. The third-order valence-corrected chi connectivity index (χ3v) is 3.15. The second-order valence-electron chi connectivity index (χ2n) is 5.54. The summed E-state index contributed by atoms with van der Waals surface area (Å²) in [6, 6.07) is 12.7. The molecule has 0 saturated heterocycles. The van der Waals surface area contributed by atoms with Gasteiger partial charge in [0.2, 0.25) is 0 Å². The maximum absolute atomic E-state index is 10.6. The van der Waals surface area contributed by atoms with Crippen molar-refractivity contribution < 1.29 is 23.1 Å².